The van der Waals surface area contributed by atoms with Crippen molar-refractivity contribution in [2.75, 3.05) is 16.8 Å². The largest absolute Gasteiger partial charge is 0.324 e. The fraction of sp³-hybridized carbons (Fsp3) is 0.318. The highest BCUT2D eigenvalue weighted by molar-refractivity contribution is 9.10. The van der Waals surface area contributed by atoms with Gasteiger partial charge in [-0.25, -0.2) is 4.90 Å². The van der Waals surface area contributed by atoms with Crippen LogP contribution in [0.5, 0.6) is 0 Å². The molecule has 3 amide bonds. The van der Waals surface area contributed by atoms with Crippen molar-refractivity contribution < 1.29 is 14.4 Å². The second kappa shape index (κ2) is 5.77. The van der Waals surface area contributed by atoms with Crippen LogP contribution in [0.4, 0.5) is 11.4 Å². The molecule has 0 aromatic heterocycles. The number of amides is 3. The summed E-state index contributed by atoms with van der Waals surface area (Å²) in [7, 11) is 0. The number of hydrogen-bond donors (Lipinski definition) is 1. The molecule has 7 heteroatoms. The SMILES string of the molecule is O=C1[C@@H]2[C@H]3CCCN3[C@]3(C(=O)Nc4ccccc43)[C@H]2C(=O)N1c1ccccc1Br. The van der Waals surface area contributed by atoms with E-state index >= 15 is 0 Å². The Hall–Kier alpha value is -2.51. The van der Waals surface area contributed by atoms with Crippen molar-refractivity contribution in [1.29, 1.82) is 0 Å². The molecule has 146 valence electrons. The highest BCUT2D eigenvalue weighted by atomic mass is 79.9. The number of carbonyl (C=O) groups excluding carboxylic acids is 3. The standard InChI is InChI=1S/C22H18BrN3O3/c23-13-7-2-4-9-15(13)26-19(27)17-16-10-5-11-25(16)22(18(17)20(26)28)12-6-1-3-8-14(12)24-21(22)29/h1-4,6-9,16-18H,5,10-11H2,(H,24,29)/t16-,17-,18-,22+/m1/s1. The molecule has 0 radical (unpaired) electrons. The number of nitrogens with zero attached hydrogens (tertiary/aromatic N) is 2. The summed E-state index contributed by atoms with van der Waals surface area (Å²) in [6, 6.07) is 14.7. The average Bonchev–Trinajstić information content (AvgIpc) is 3.41. The number of imide groups is 1. The summed E-state index contributed by atoms with van der Waals surface area (Å²) < 4.78 is 0.690. The number of hydrogen-bond acceptors (Lipinski definition) is 4. The molecule has 0 unspecified atom stereocenters. The third kappa shape index (κ3) is 1.92. The quantitative estimate of drug-likeness (QED) is 0.676. The van der Waals surface area contributed by atoms with E-state index in [2.05, 4.69) is 26.1 Å². The molecule has 1 spiro atoms. The molecule has 0 bridgehead atoms. The van der Waals surface area contributed by atoms with Crippen molar-refractivity contribution in [3.63, 3.8) is 0 Å². The van der Waals surface area contributed by atoms with Crippen LogP contribution in [0.2, 0.25) is 0 Å². The van der Waals surface area contributed by atoms with Gasteiger partial charge in [0.1, 0.15) is 5.54 Å². The number of para-hydroxylation sites is 2. The van der Waals surface area contributed by atoms with E-state index in [1.165, 1.54) is 4.90 Å². The van der Waals surface area contributed by atoms with Gasteiger partial charge < -0.3 is 5.32 Å². The van der Waals surface area contributed by atoms with E-state index in [0.717, 1.165) is 30.6 Å². The van der Waals surface area contributed by atoms with Crippen molar-refractivity contribution >= 4 is 45.0 Å². The van der Waals surface area contributed by atoms with Crippen molar-refractivity contribution in [3.05, 3.63) is 58.6 Å². The van der Waals surface area contributed by atoms with E-state index in [9.17, 15) is 14.4 Å². The van der Waals surface area contributed by atoms with Gasteiger partial charge in [-0.3, -0.25) is 19.3 Å². The van der Waals surface area contributed by atoms with Gasteiger partial charge in [-0.2, -0.15) is 0 Å². The molecule has 6 nitrogen and oxygen atoms in total. The zero-order valence-electron chi connectivity index (χ0n) is 15.5. The maximum absolute atomic E-state index is 13.8. The summed E-state index contributed by atoms with van der Waals surface area (Å²) in [5, 5.41) is 2.98. The van der Waals surface area contributed by atoms with Crippen molar-refractivity contribution in [2.24, 2.45) is 11.8 Å². The number of fused-ring (bicyclic) bond motifs is 7. The number of rotatable bonds is 1. The fourth-order valence-corrected chi connectivity index (χ4v) is 6.49. The normalized spacial score (nSPS) is 32.7. The predicted octanol–water partition coefficient (Wildman–Crippen LogP) is 2.88. The Morgan fingerprint density at radius 1 is 1.00 bits per heavy atom. The lowest BCUT2D eigenvalue weighted by Gasteiger charge is -2.36. The maximum Gasteiger partial charge on any atom is 0.250 e. The summed E-state index contributed by atoms with van der Waals surface area (Å²) in [6.45, 7) is 0.717. The van der Waals surface area contributed by atoms with E-state index in [1.807, 2.05) is 42.5 Å². The first-order valence-corrected chi connectivity index (χ1v) is 10.7. The first-order valence-electron chi connectivity index (χ1n) is 9.87. The van der Waals surface area contributed by atoms with Gasteiger partial charge in [-0.1, -0.05) is 30.3 Å². The molecule has 4 aliphatic heterocycles. The minimum atomic E-state index is -1.11. The molecular weight excluding hydrogens is 434 g/mol. The number of carbonyl (C=O) groups is 3. The van der Waals surface area contributed by atoms with Crippen LogP contribution in [0, 0.1) is 11.8 Å². The molecule has 6 rings (SSSR count). The topological polar surface area (TPSA) is 69.7 Å². The van der Waals surface area contributed by atoms with Gasteiger partial charge in [0.15, 0.2) is 0 Å². The predicted molar refractivity (Wildman–Crippen MR) is 110 cm³/mol. The molecule has 4 heterocycles. The zero-order chi connectivity index (χ0) is 19.9. The molecule has 3 fully saturated rings. The van der Waals surface area contributed by atoms with E-state index in [0.29, 0.717) is 10.2 Å². The monoisotopic (exact) mass is 451 g/mol. The van der Waals surface area contributed by atoms with E-state index in [4.69, 9.17) is 0 Å². The average molecular weight is 452 g/mol. The molecule has 0 saturated carbocycles. The third-order valence-corrected chi connectivity index (χ3v) is 7.66. The number of halogens is 1. The summed E-state index contributed by atoms with van der Waals surface area (Å²) in [4.78, 5) is 44.2. The van der Waals surface area contributed by atoms with Gasteiger partial charge in [0.25, 0.3) is 0 Å². The lowest BCUT2D eigenvalue weighted by molar-refractivity contribution is -0.135. The Balaban J connectivity index is 1.58. The van der Waals surface area contributed by atoms with Gasteiger partial charge >= 0.3 is 0 Å². The van der Waals surface area contributed by atoms with Crippen LogP contribution in [0.15, 0.2) is 53.0 Å². The Labute approximate surface area is 176 Å². The number of benzene rings is 2. The van der Waals surface area contributed by atoms with Crippen LogP contribution < -0.4 is 10.2 Å². The summed E-state index contributed by atoms with van der Waals surface area (Å²) in [5.74, 6) is -1.88. The van der Waals surface area contributed by atoms with Crippen LogP contribution in [0.3, 0.4) is 0 Å². The molecule has 1 N–H and O–H groups in total. The lowest BCUT2D eigenvalue weighted by atomic mass is 9.75. The van der Waals surface area contributed by atoms with E-state index in [-0.39, 0.29) is 23.8 Å². The van der Waals surface area contributed by atoms with Gasteiger partial charge in [-0.15, -0.1) is 0 Å². The Morgan fingerprint density at radius 3 is 2.59 bits per heavy atom. The molecule has 2 aromatic carbocycles. The third-order valence-electron chi connectivity index (χ3n) is 6.99. The molecule has 29 heavy (non-hydrogen) atoms. The zero-order valence-corrected chi connectivity index (χ0v) is 17.1. The maximum atomic E-state index is 13.8. The summed E-state index contributed by atoms with van der Waals surface area (Å²) in [6.07, 6.45) is 1.74. The number of nitrogens with one attached hydrogen (secondary N) is 1. The van der Waals surface area contributed by atoms with E-state index in [1.54, 1.807) is 6.07 Å². The van der Waals surface area contributed by atoms with Crippen LogP contribution in [-0.2, 0) is 19.9 Å². The van der Waals surface area contributed by atoms with Gasteiger partial charge in [0, 0.05) is 21.8 Å². The minimum Gasteiger partial charge on any atom is -0.324 e. The Morgan fingerprint density at radius 2 is 1.76 bits per heavy atom. The Bertz CT molecular complexity index is 1100. The van der Waals surface area contributed by atoms with Crippen LogP contribution >= 0.6 is 15.9 Å². The highest BCUT2D eigenvalue weighted by Crippen LogP contribution is 2.60. The van der Waals surface area contributed by atoms with Crippen LogP contribution in [0.25, 0.3) is 0 Å². The Kier molecular flexibility index (Phi) is 3.45. The molecule has 4 atom stereocenters. The summed E-state index contributed by atoms with van der Waals surface area (Å²) >= 11 is 3.47. The first kappa shape index (κ1) is 17.4. The highest BCUT2D eigenvalue weighted by Gasteiger charge is 2.74. The molecule has 4 aliphatic rings. The molecular formula is C22H18BrN3O3. The van der Waals surface area contributed by atoms with Crippen LogP contribution in [0.1, 0.15) is 18.4 Å². The minimum absolute atomic E-state index is 0.0964. The first-order chi connectivity index (χ1) is 14.1. The fourth-order valence-electron chi connectivity index (χ4n) is 6.03. The van der Waals surface area contributed by atoms with Gasteiger partial charge in [0.2, 0.25) is 17.7 Å². The van der Waals surface area contributed by atoms with Gasteiger partial charge in [0.05, 0.1) is 17.5 Å². The van der Waals surface area contributed by atoms with Crippen molar-refractivity contribution in [3.8, 4) is 0 Å². The lowest BCUT2D eigenvalue weighted by Crippen LogP contribution is -2.54. The second-order valence-corrected chi connectivity index (χ2v) is 8.99. The summed E-state index contributed by atoms with van der Waals surface area (Å²) in [5.41, 5.74) is 0.997. The molecule has 2 aromatic rings. The van der Waals surface area contributed by atoms with E-state index < -0.39 is 17.4 Å². The second-order valence-electron chi connectivity index (χ2n) is 8.14. The molecule has 3 saturated heterocycles. The van der Waals surface area contributed by atoms with Crippen LogP contribution in [-0.4, -0.2) is 35.2 Å². The number of anilines is 2. The van der Waals surface area contributed by atoms with Crippen molar-refractivity contribution in [2.45, 2.75) is 24.4 Å². The van der Waals surface area contributed by atoms with Crippen molar-refractivity contribution in [1.82, 2.24) is 4.90 Å². The smallest absolute Gasteiger partial charge is 0.250 e. The van der Waals surface area contributed by atoms with Gasteiger partial charge in [-0.05, 0) is 53.5 Å². The molecule has 0 aliphatic carbocycles.